The van der Waals surface area contributed by atoms with Crippen molar-refractivity contribution in [3.8, 4) is 27.1 Å². The number of thiazole rings is 1. The van der Waals surface area contributed by atoms with Crippen molar-refractivity contribution in [1.29, 1.82) is 0 Å². The molecule has 0 unspecified atom stereocenters. The average molecular weight is 468 g/mol. The summed E-state index contributed by atoms with van der Waals surface area (Å²) in [7, 11) is 1.56. The van der Waals surface area contributed by atoms with Gasteiger partial charge >= 0.3 is 0 Å². The number of nitro benzene ring substituents is 1. The number of non-ortho nitro benzene ring substituents is 1. The molecule has 0 aliphatic rings. The Kier molecular flexibility index (Phi) is 6.43. The van der Waals surface area contributed by atoms with Gasteiger partial charge in [-0.3, -0.25) is 14.9 Å². The molecule has 2 aromatic carbocycles. The van der Waals surface area contributed by atoms with Crippen molar-refractivity contribution in [1.82, 2.24) is 10.3 Å². The number of carbonyl (C=O) groups is 1. The lowest BCUT2D eigenvalue weighted by atomic mass is 10.1. The number of nitrogens with zero attached hydrogens (tertiary/aromatic N) is 2. The van der Waals surface area contributed by atoms with Crippen molar-refractivity contribution < 1.29 is 19.2 Å². The highest BCUT2D eigenvalue weighted by Crippen LogP contribution is 2.30. The number of benzene rings is 2. The van der Waals surface area contributed by atoms with E-state index in [0.717, 1.165) is 9.88 Å². The lowest BCUT2D eigenvalue weighted by Gasteiger charge is -2.11. The molecule has 0 spiro atoms. The van der Waals surface area contributed by atoms with Crippen LogP contribution in [0.25, 0.3) is 9.88 Å². The second-order valence-electron chi connectivity index (χ2n) is 6.52. The Hall–Kier alpha value is -3.76. The number of thiophene rings is 1. The van der Waals surface area contributed by atoms with Crippen LogP contribution in [-0.4, -0.2) is 22.9 Å². The minimum Gasteiger partial charge on any atom is -0.497 e. The van der Waals surface area contributed by atoms with Gasteiger partial charge < -0.3 is 14.8 Å². The molecule has 0 radical (unpaired) electrons. The molecular weight excluding hydrogens is 450 g/mol. The van der Waals surface area contributed by atoms with Gasteiger partial charge in [0.2, 0.25) is 0 Å². The molecule has 10 heteroatoms. The second-order valence-corrected chi connectivity index (χ2v) is 8.32. The monoisotopic (exact) mass is 467 g/mol. The van der Waals surface area contributed by atoms with E-state index < -0.39 is 10.8 Å². The number of aromatic nitrogens is 1. The Bertz CT molecular complexity index is 1240. The number of nitrogens with one attached hydrogen (secondary N) is 1. The van der Waals surface area contributed by atoms with Gasteiger partial charge in [0.15, 0.2) is 0 Å². The molecule has 1 amide bonds. The van der Waals surface area contributed by atoms with Gasteiger partial charge in [0.1, 0.15) is 22.3 Å². The number of hydrogen-bond donors (Lipinski definition) is 1. The summed E-state index contributed by atoms with van der Waals surface area (Å²) in [5.74, 6) is 0.830. The van der Waals surface area contributed by atoms with Crippen LogP contribution in [0.4, 0.5) is 5.69 Å². The Morgan fingerprint density at radius 3 is 2.59 bits per heavy atom. The molecule has 0 saturated heterocycles. The van der Waals surface area contributed by atoms with Crippen LogP contribution in [0, 0.1) is 10.1 Å². The standard InChI is InChI=1S/C22H17N3O5S2/c1-29-16-5-7-17(8-6-16)30-19-9-4-15(25(27)28)11-18(19)21(26)23-12-14-13-32-22(24-14)20-3-2-10-31-20/h2-11,13H,12H2,1H3,(H,23,26). The quantitative estimate of drug-likeness (QED) is 0.271. The highest BCUT2D eigenvalue weighted by atomic mass is 32.1. The number of hydrogen-bond acceptors (Lipinski definition) is 8. The number of amides is 1. The Morgan fingerprint density at radius 1 is 1.12 bits per heavy atom. The third-order valence-corrected chi connectivity index (χ3v) is 6.35. The summed E-state index contributed by atoms with van der Waals surface area (Å²) in [6, 6.07) is 14.6. The summed E-state index contributed by atoms with van der Waals surface area (Å²) in [6.07, 6.45) is 0. The van der Waals surface area contributed by atoms with E-state index in [1.165, 1.54) is 29.5 Å². The van der Waals surface area contributed by atoms with Gasteiger partial charge in [0.05, 0.1) is 34.7 Å². The van der Waals surface area contributed by atoms with Crippen LogP contribution >= 0.6 is 22.7 Å². The molecule has 0 fully saturated rings. The van der Waals surface area contributed by atoms with E-state index in [1.54, 1.807) is 42.7 Å². The smallest absolute Gasteiger partial charge is 0.270 e. The molecule has 0 aliphatic heterocycles. The maximum atomic E-state index is 12.9. The number of methoxy groups -OCH3 is 1. The van der Waals surface area contributed by atoms with Crippen LogP contribution in [0.1, 0.15) is 16.1 Å². The lowest BCUT2D eigenvalue weighted by molar-refractivity contribution is -0.384. The molecule has 162 valence electrons. The molecule has 4 rings (SSSR count). The fourth-order valence-corrected chi connectivity index (χ4v) is 4.47. The van der Waals surface area contributed by atoms with Crippen LogP contribution < -0.4 is 14.8 Å². The second kappa shape index (κ2) is 9.58. The van der Waals surface area contributed by atoms with Crippen LogP contribution in [0.15, 0.2) is 65.4 Å². The third kappa shape index (κ3) is 4.93. The number of carbonyl (C=O) groups excluding carboxylic acids is 1. The molecule has 2 heterocycles. The van der Waals surface area contributed by atoms with Gasteiger partial charge in [-0.15, -0.1) is 22.7 Å². The molecule has 1 N–H and O–H groups in total. The van der Waals surface area contributed by atoms with Gasteiger partial charge in [-0.25, -0.2) is 4.98 Å². The van der Waals surface area contributed by atoms with E-state index in [4.69, 9.17) is 9.47 Å². The maximum absolute atomic E-state index is 12.9. The number of ether oxygens (including phenoxy) is 2. The van der Waals surface area contributed by atoms with E-state index in [0.29, 0.717) is 17.2 Å². The highest BCUT2D eigenvalue weighted by molar-refractivity contribution is 7.20. The van der Waals surface area contributed by atoms with Crippen molar-refractivity contribution >= 4 is 34.3 Å². The van der Waals surface area contributed by atoms with E-state index >= 15 is 0 Å². The zero-order chi connectivity index (χ0) is 22.5. The van der Waals surface area contributed by atoms with Gasteiger partial charge in [0.25, 0.3) is 11.6 Å². The lowest BCUT2D eigenvalue weighted by Crippen LogP contribution is -2.23. The van der Waals surface area contributed by atoms with Crippen LogP contribution in [0.5, 0.6) is 17.2 Å². The van der Waals surface area contributed by atoms with Crippen LogP contribution in [0.3, 0.4) is 0 Å². The van der Waals surface area contributed by atoms with E-state index in [-0.39, 0.29) is 23.5 Å². The van der Waals surface area contributed by atoms with Gasteiger partial charge in [-0.05, 0) is 41.8 Å². The fraction of sp³-hybridized carbons (Fsp3) is 0.0909. The van der Waals surface area contributed by atoms with Crippen molar-refractivity contribution in [3.05, 3.63) is 86.7 Å². The zero-order valence-electron chi connectivity index (χ0n) is 16.8. The molecule has 8 nitrogen and oxygen atoms in total. The van der Waals surface area contributed by atoms with E-state index in [1.807, 2.05) is 22.9 Å². The number of nitro groups is 1. The van der Waals surface area contributed by atoms with Crippen molar-refractivity contribution in [3.63, 3.8) is 0 Å². The van der Waals surface area contributed by atoms with Gasteiger partial charge in [-0.2, -0.15) is 0 Å². The Labute approximate surface area is 191 Å². The summed E-state index contributed by atoms with van der Waals surface area (Å²) < 4.78 is 10.9. The highest BCUT2D eigenvalue weighted by Gasteiger charge is 2.19. The first-order chi connectivity index (χ1) is 15.5. The fourth-order valence-electron chi connectivity index (χ4n) is 2.84. The van der Waals surface area contributed by atoms with Crippen LogP contribution in [-0.2, 0) is 6.54 Å². The molecule has 4 aromatic rings. The Morgan fingerprint density at radius 2 is 1.91 bits per heavy atom. The zero-order valence-corrected chi connectivity index (χ0v) is 18.4. The summed E-state index contributed by atoms with van der Waals surface area (Å²) in [6.45, 7) is 0.186. The first-order valence-corrected chi connectivity index (χ1v) is 11.2. The maximum Gasteiger partial charge on any atom is 0.270 e. The average Bonchev–Trinajstić information content (AvgIpc) is 3.50. The largest absolute Gasteiger partial charge is 0.497 e. The van der Waals surface area contributed by atoms with Crippen molar-refractivity contribution in [2.24, 2.45) is 0 Å². The van der Waals surface area contributed by atoms with Gasteiger partial charge in [0, 0.05) is 17.5 Å². The van der Waals surface area contributed by atoms with Crippen molar-refractivity contribution in [2.45, 2.75) is 6.54 Å². The topological polar surface area (TPSA) is 104 Å². The third-order valence-electron chi connectivity index (χ3n) is 4.42. The van der Waals surface area contributed by atoms with Crippen LogP contribution in [0.2, 0.25) is 0 Å². The summed E-state index contributed by atoms with van der Waals surface area (Å²) >= 11 is 3.09. The normalized spacial score (nSPS) is 10.5. The molecular formula is C22H17N3O5S2. The molecule has 0 atom stereocenters. The predicted octanol–water partition coefficient (Wildman–Crippen LogP) is 5.51. The van der Waals surface area contributed by atoms with Gasteiger partial charge in [-0.1, -0.05) is 6.07 Å². The first-order valence-electron chi connectivity index (χ1n) is 9.40. The summed E-state index contributed by atoms with van der Waals surface area (Å²) in [5.41, 5.74) is 0.560. The first kappa shape index (κ1) is 21.5. The number of rotatable bonds is 8. The van der Waals surface area contributed by atoms with E-state index in [9.17, 15) is 14.9 Å². The van der Waals surface area contributed by atoms with Crippen molar-refractivity contribution in [2.75, 3.05) is 7.11 Å². The predicted molar refractivity (Wildman–Crippen MR) is 123 cm³/mol. The molecule has 0 saturated carbocycles. The summed E-state index contributed by atoms with van der Waals surface area (Å²) in [5, 5.41) is 18.7. The van der Waals surface area contributed by atoms with E-state index in [2.05, 4.69) is 10.3 Å². The summed E-state index contributed by atoms with van der Waals surface area (Å²) in [4.78, 5) is 29.1. The molecule has 0 bridgehead atoms. The SMILES string of the molecule is COc1ccc(Oc2ccc([N+](=O)[O-])cc2C(=O)NCc2csc(-c3cccs3)n2)cc1. The minimum atomic E-state index is -0.554. The molecule has 0 aliphatic carbocycles. The Balaban J connectivity index is 1.52. The minimum absolute atomic E-state index is 0.0590. The molecule has 32 heavy (non-hydrogen) atoms. The molecule has 2 aromatic heterocycles.